The SMILES string of the molecule is CCn1ncnc1C1C(N)CCN1C. The molecule has 78 valence electrons. The Kier molecular flexibility index (Phi) is 2.52. The number of hydrogen-bond acceptors (Lipinski definition) is 4. The third-order valence-electron chi connectivity index (χ3n) is 2.91. The van der Waals surface area contributed by atoms with Crippen LogP contribution in [0.15, 0.2) is 6.33 Å². The minimum Gasteiger partial charge on any atom is -0.326 e. The number of rotatable bonds is 2. The van der Waals surface area contributed by atoms with Gasteiger partial charge in [0.2, 0.25) is 0 Å². The van der Waals surface area contributed by atoms with Crippen LogP contribution in [0.1, 0.15) is 25.2 Å². The maximum absolute atomic E-state index is 6.06. The van der Waals surface area contributed by atoms with Crippen LogP contribution in [0.3, 0.4) is 0 Å². The topological polar surface area (TPSA) is 60.0 Å². The van der Waals surface area contributed by atoms with Gasteiger partial charge in [-0.3, -0.25) is 4.90 Å². The lowest BCUT2D eigenvalue weighted by molar-refractivity contribution is 0.282. The molecule has 0 bridgehead atoms. The molecule has 0 aliphatic carbocycles. The van der Waals surface area contributed by atoms with Gasteiger partial charge in [-0.05, 0) is 20.4 Å². The van der Waals surface area contributed by atoms with E-state index in [0.717, 1.165) is 25.3 Å². The van der Waals surface area contributed by atoms with E-state index in [4.69, 9.17) is 5.73 Å². The van der Waals surface area contributed by atoms with Gasteiger partial charge in [-0.1, -0.05) is 0 Å². The fourth-order valence-electron chi connectivity index (χ4n) is 2.11. The minimum atomic E-state index is 0.189. The van der Waals surface area contributed by atoms with Crippen molar-refractivity contribution < 1.29 is 0 Å². The molecule has 0 aromatic carbocycles. The summed E-state index contributed by atoms with van der Waals surface area (Å²) >= 11 is 0. The van der Waals surface area contributed by atoms with Gasteiger partial charge in [0.1, 0.15) is 12.2 Å². The smallest absolute Gasteiger partial charge is 0.145 e. The Morgan fingerprint density at radius 3 is 3.00 bits per heavy atom. The van der Waals surface area contributed by atoms with Gasteiger partial charge in [0.05, 0.1) is 6.04 Å². The molecule has 2 rings (SSSR count). The molecule has 1 aliphatic rings. The number of hydrogen-bond donors (Lipinski definition) is 1. The van der Waals surface area contributed by atoms with E-state index in [1.807, 2.05) is 4.68 Å². The van der Waals surface area contributed by atoms with Crippen LogP contribution in [0.4, 0.5) is 0 Å². The summed E-state index contributed by atoms with van der Waals surface area (Å²) in [7, 11) is 2.09. The number of aryl methyl sites for hydroxylation is 1. The van der Waals surface area contributed by atoms with Crippen molar-refractivity contribution in [1.29, 1.82) is 0 Å². The van der Waals surface area contributed by atoms with Crippen molar-refractivity contribution in [3.8, 4) is 0 Å². The fourth-order valence-corrected chi connectivity index (χ4v) is 2.11. The lowest BCUT2D eigenvalue weighted by Crippen LogP contribution is -2.32. The molecule has 0 amide bonds. The average Bonchev–Trinajstić information content (AvgIpc) is 2.73. The van der Waals surface area contributed by atoms with Gasteiger partial charge in [0, 0.05) is 19.1 Å². The van der Waals surface area contributed by atoms with E-state index in [9.17, 15) is 0 Å². The van der Waals surface area contributed by atoms with Crippen LogP contribution >= 0.6 is 0 Å². The standard InChI is InChI=1S/C9H17N5/c1-3-14-9(11-6-12-14)8-7(10)4-5-13(8)2/h6-8H,3-5,10H2,1-2H3. The maximum atomic E-state index is 6.06. The Morgan fingerprint density at radius 1 is 1.64 bits per heavy atom. The fraction of sp³-hybridized carbons (Fsp3) is 0.778. The van der Waals surface area contributed by atoms with Gasteiger partial charge in [-0.15, -0.1) is 0 Å². The van der Waals surface area contributed by atoms with Crippen LogP contribution < -0.4 is 5.73 Å². The van der Waals surface area contributed by atoms with Crippen LogP contribution in [-0.4, -0.2) is 39.3 Å². The van der Waals surface area contributed by atoms with E-state index in [1.165, 1.54) is 0 Å². The molecule has 1 aliphatic heterocycles. The van der Waals surface area contributed by atoms with Crippen molar-refractivity contribution >= 4 is 0 Å². The second kappa shape index (κ2) is 3.67. The lowest BCUT2D eigenvalue weighted by atomic mass is 10.1. The molecule has 2 N–H and O–H groups in total. The van der Waals surface area contributed by atoms with E-state index in [-0.39, 0.29) is 12.1 Å². The van der Waals surface area contributed by atoms with Gasteiger partial charge >= 0.3 is 0 Å². The highest BCUT2D eigenvalue weighted by atomic mass is 15.4. The van der Waals surface area contributed by atoms with Gasteiger partial charge in [0.25, 0.3) is 0 Å². The van der Waals surface area contributed by atoms with Crippen molar-refractivity contribution in [2.75, 3.05) is 13.6 Å². The monoisotopic (exact) mass is 195 g/mol. The zero-order valence-electron chi connectivity index (χ0n) is 8.72. The van der Waals surface area contributed by atoms with Crippen LogP contribution in [0.25, 0.3) is 0 Å². The molecule has 1 saturated heterocycles. The molecule has 0 radical (unpaired) electrons. The first-order valence-corrected chi connectivity index (χ1v) is 5.07. The summed E-state index contributed by atoms with van der Waals surface area (Å²) in [6.45, 7) is 3.97. The number of aromatic nitrogens is 3. The molecule has 5 heteroatoms. The Balaban J connectivity index is 2.29. The molecule has 5 nitrogen and oxygen atoms in total. The van der Waals surface area contributed by atoms with E-state index in [2.05, 4.69) is 29.0 Å². The van der Waals surface area contributed by atoms with Crippen LogP contribution in [0.5, 0.6) is 0 Å². The van der Waals surface area contributed by atoms with E-state index in [1.54, 1.807) is 6.33 Å². The predicted octanol–water partition coefficient (Wildman–Crippen LogP) is 0.00190. The highest BCUT2D eigenvalue weighted by molar-refractivity contribution is 5.03. The third-order valence-corrected chi connectivity index (χ3v) is 2.91. The van der Waals surface area contributed by atoms with Crippen molar-refractivity contribution in [2.24, 2.45) is 5.73 Å². The van der Waals surface area contributed by atoms with E-state index in [0.29, 0.717) is 0 Å². The third kappa shape index (κ3) is 1.42. The van der Waals surface area contributed by atoms with Gasteiger partial charge in [-0.25, -0.2) is 9.67 Å². The van der Waals surface area contributed by atoms with Crippen molar-refractivity contribution in [3.05, 3.63) is 12.2 Å². The average molecular weight is 195 g/mol. The first kappa shape index (κ1) is 9.61. The summed E-state index contributed by atoms with van der Waals surface area (Å²) in [6.07, 6.45) is 2.65. The lowest BCUT2D eigenvalue weighted by Gasteiger charge is -2.21. The van der Waals surface area contributed by atoms with Crippen LogP contribution in [-0.2, 0) is 6.54 Å². The van der Waals surface area contributed by atoms with E-state index < -0.39 is 0 Å². The Bertz CT molecular complexity index is 298. The zero-order chi connectivity index (χ0) is 10.1. The van der Waals surface area contributed by atoms with Crippen molar-refractivity contribution in [3.63, 3.8) is 0 Å². The van der Waals surface area contributed by atoms with Crippen LogP contribution in [0, 0.1) is 0 Å². The Morgan fingerprint density at radius 2 is 2.43 bits per heavy atom. The summed E-state index contributed by atoms with van der Waals surface area (Å²) in [5, 5.41) is 4.17. The van der Waals surface area contributed by atoms with Gasteiger partial charge in [0.15, 0.2) is 0 Å². The summed E-state index contributed by atoms with van der Waals surface area (Å²) < 4.78 is 1.92. The predicted molar refractivity (Wildman–Crippen MR) is 53.7 cm³/mol. The quantitative estimate of drug-likeness (QED) is 0.721. The number of nitrogens with zero attached hydrogens (tertiary/aromatic N) is 4. The number of likely N-dealkylation sites (N-methyl/N-ethyl adjacent to an activating group) is 1. The minimum absolute atomic E-state index is 0.189. The molecule has 2 atom stereocenters. The van der Waals surface area contributed by atoms with Gasteiger partial charge in [-0.2, -0.15) is 5.10 Å². The molecule has 0 spiro atoms. The Hall–Kier alpha value is -0.940. The first-order chi connectivity index (χ1) is 6.74. The molecular formula is C9H17N5. The highest BCUT2D eigenvalue weighted by Gasteiger charge is 2.33. The second-order valence-corrected chi connectivity index (χ2v) is 3.81. The van der Waals surface area contributed by atoms with Crippen LogP contribution in [0.2, 0.25) is 0 Å². The normalized spacial score (nSPS) is 28.5. The summed E-state index contributed by atoms with van der Waals surface area (Å²) in [5.41, 5.74) is 6.06. The largest absolute Gasteiger partial charge is 0.326 e. The van der Waals surface area contributed by atoms with Gasteiger partial charge < -0.3 is 5.73 Å². The molecule has 1 aromatic heterocycles. The highest BCUT2D eigenvalue weighted by Crippen LogP contribution is 2.27. The number of nitrogens with two attached hydrogens (primary N) is 1. The summed E-state index contributed by atoms with van der Waals surface area (Å²) in [6, 6.07) is 0.423. The molecule has 1 fully saturated rings. The first-order valence-electron chi connectivity index (χ1n) is 5.07. The summed E-state index contributed by atoms with van der Waals surface area (Å²) in [5.74, 6) is 1.00. The zero-order valence-corrected chi connectivity index (χ0v) is 8.72. The molecule has 14 heavy (non-hydrogen) atoms. The van der Waals surface area contributed by atoms with E-state index >= 15 is 0 Å². The second-order valence-electron chi connectivity index (χ2n) is 3.81. The molecular weight excluding hydrogens is 178 g/mol. The maximum Gasteiger partial charge on any atom is 0.145 e. The molecule has 1 aromatic rings. The number of likely N-dealkylation sites (tertiary alicyclic amines) is 1. The molecule has 2 unspecified atom stereocenters. The summed E-state index contributed by atoms with van der Waals surface area (Å²) in [4.78, 5) is 6.55. The van der Waals surface area contributed by atoms with Crippen molar-refractivity contribution in [2.45, 2.75) is 32.0 Å². The molecule has 0 saturated carbocycles. The molecule has 2 heterocycles. The van der Waals surface area contributed by atoms with Crippen molar-refractivity contribution in [1.82, 2.24) is 19.7 Å². The Labute approximate surface area is 83.9 Å².